The average molecular weight is 392 g/mol. The molecule has 0 aliphatic carbocycles. The van der Waals surface area contributed by atoms with Crippen molar-refractivity contribution in [2.24, 2.45) is 0 Å². The summed E-state index contributed by atoms with van der Waals surface area (Å²) in [7, 11) is 0. The largest absolute Gasteiger partial charge is 0.504 e. The van der Waals surface area contributed by atoms with Gasteiger partial charge in [-0.05, 0) is 60.5 Å². The van der Waals surface area contributed by atoms with Crippen molar-refractivity contribution in [3.8, 4) is 51.2 Å². The van der Waals surface area contributed by atoms with Crippen LogP contribution in [0, 0.1) is 6.92 Å². The highest BCUT2D eigenvalue weighted by atomic mass is 16.4. The Bertz CT molecular complexity index is 1340. The quantitative estimate of drug-likeness (QED) is 0.326. The summed E-state index contributed by atoms with van der Waals surface area (Å²) < 4.78 is 5.88. The van der Waals surface area contributed by atoms with Crippen molar-refractivity contribution in [3.05, 3.63) is 64.3 Å². The van der Waals surface area contributed by atoms with Crippen LogP contribution in [0.2, 0.25) is 0 Å². The zero-order valence-corrected chi connectivity index (χ0v) is 15.2. The number of rotatable bonds is 2. The van der Waals surface area contributed by atoms with Gasteiger partial charge in [0.25, 0.3) is 0 Å². The van der Waals surface area contributed by atoms with Crippen molar-refractivity contribution in [2.45, 2.75) is 6.92 Å². The van der Waals surface area contributed by atoms with E-state index in [9.17, 15) is 30.3 Å². The zero-order valence-electron chi connectivity index (χ0n) is 15.2. The van der Waals surface area contributed by atoms with Gasteiger partial charge in [-0.15, -0.1) is 0 Å². The van der Waals surface area contributed by atoms with E-state index in [0.29, 0.717) is 11.1 Å². The average Bonchev–Trinajstić information content (AvgIpc) is 2.69. The molecule has 146 valence electrons. The van der Waals surface area contributed by atoms with Crippen molar-refractivity contribution in [3.63, 3.8) is 0 Å². The molecule has 1 heterocycles. The summed E-state index contributed by atoms with van der Waals surface area (Å²) in [5.41, 5.74) is 1.37. The summed E-state index contributed by atoms with van der Waals surface area (Å²) in [6.07, 6.45) is 0. The zero-order chi connectivity index (χ0) is 20.9. The van der Waals surface area contributed by atoms with Crippen LogP contribution in [-0.4, -0.2) is 25.5 Å². The maximum atomic E-state index is 12.8. The molecule has 3 aromatic carbocycles. The van der Waals surface area contributed by atoms with Gasteiger partial charge in [0.2, 0.25) is 11.2 Å². The van der Waals surface area contributed by atoms with E-state index < -0.39 is 16.9 Å². The smallest absolute Gasteiger partial charge is 0.235 e. The van der Waals surface area contributed by atoms with Gasteiger partial charge in [-0.1, -0.05) is 6.07 Å². The van der Waals surface area contributed by atoms with E-state index >= 15 is 0 Å². The third-order valence-electron chi connectivity index (χ3n) is 4.64. The SMILES string of the molecule is Cc1cc(-c2ccc(O)c(O)c2)c2oc(-c3ccc(O)c(O)c3)c(O)c(=O)c2c1. The van der Waals surface area contributed by atoms with E-state index in [-0.39, 0.29) is 39.5 Å². The van der Waals surface area contributed by atoms with Gasteiger partial charge in [0, 0.05) is 11.1 Å². The number of fused-ring (bicyclic) bond motifs is 1. The van der Waals surface area contributed by atoms with Crippen LogP contribution in [0.25, 0.3) is 33.4 Å². The molecule has 0 atom stereocenters. The van der Waals surface area contributed by atoms with E-state index in [1.54, 1.807) is 25.1 Å². The molecule has 4 rings (SSSR count). The molecule has 0 spiro atoms. The Morgan fingerprint density at radius 1 is 0.724 bits per heavy atom. The molecule has 0 aliphatic heterocycles. The maximum Gasteiger partial charge on any atom is 0.235 e. The molecule has 0 saturated heterocycles. The number of hydrogen-bond donors (Lipinski definition) is 5. The van der Waals surface area contributed by atoms with Crippen LogP contribution >= 0.6 is 0 Å². The Morgan fingerprint density at radius 3 is 1.93 bits per heavy atom. The lowest BCUT2D eigenvalue weighted by Gasteiger charge is -2.12. The lowest BCUT2D eigenvalue weighted by molar-refractivity contribution is 0.403. The Morgan fingerprint density at radius 2 is 1.31 bits per heavy atom. The van der Waals surface area contributed by atoms with E-state index in [1.807, 2.05) is 0 Å². The van der Waals surface area contributed by atoms with Crippen LogP contribution in [0.15, 0.2) is 57.7 Å². The predicted octanol–water partition coefficient (Wildman–Crippen LogP) is 3.96. The molecule has 1 aromatic heterocycles. The Kier molecular flexibility index (Phi) is 4.08. The number of hydrogen-bond acceptors (Lipinski definition) is 7. The lowest BCUT2D eigenvalue weighted by atomic mass is 9.99. The summed E-state index contributed by atoms with van der Waals surface area (Å²) in [6.45, 7) is 1.77. The van der Waals surface area contributed by atoms with Crippen molar-refractivity contribution in [1.29, 1.82) is 0 Å². The highest BCUT2D eigenvalue weighted by Crippen LogP contribution is 2.39. The predicted molar refractivity (Wildman–Crippen MR) is 106 cm³/mol. The number of aromatic hydroxyl groups is 5. The third kappa shape index (κ3) is 2.98. The Balaban J connectivity index is 2.07. The van der Waals surface area contributed by atoms with Crippen LogP contribution in [-0.2, 0) is 0 Å². The second-order valence-corrected chi connectivity index (χ2v) is 6.71. The van der Waals surface area contributed by atoms with Gasteiger partial charge in [-0.3, -0.25) is 4.79 Å². The molecular weight excluding hydrogens is 376 g/mol. The van der Waals surface area contributed by atoms with Crippen molar-refractivity contribution < 1.29 is 29.9 Å². The summed E-state index contributed by atoms with van der Waals surface area (Å²) in [5, 5.41) is 49.3. The van der Waals surface area contributed by atoms with Crippen molar-refractivity contribution >= 4 is 11.0 Å². The van der Waals surface area contributed by atoms with Gasteiger partial charge in [-0.25, -0.2) is 0 Å². The highest BCUT2D eigenvalue weighted by Gasteiger charge is 2.20. The second kappa shape index (κ2) is 6.49. The van der Waals surface area contributed by atoms with Gasteiger partial charge in [0.1, 0.15) is 5.58 Å². The molecule has 0 amide bonds. The summed E-state index contributed by atoms with van der Waals surface area (Å²) >= 11 is 0. The molecule has 0 aliphatic rings. The second-order valence-electron chi connectivity index (χ2n) is 6.71. The maximum absolute atomic E-state index is 12.8. The molecule has 7 nitrogen and oxygen atoms in total. The minimum absolute atomic E-state index is 0.136. The van der Waals surface area contributed by atoms with E-state index in [2.05, 4.69) is 0 Å². The van der Waals surface area contributed by atoms with E-state index in [0.717, 1.165) is 5.56 Å². The van der Waals surface area contributed by atoms with Crippen LogP contribution in [0.5, 0.6) is 28.7 Å². The van der Waals surface area contributed by atoms with Gasteiger partial charge in [-0.2, -0.15) is 0 Å². The third-order valence-corrected chi connectivity index (χ3v) is 4.64. The molecule has 0 saturated carbocycles. The van der Waals surface area contributed by atoms with Gasteiger partial charge < -0.3 is 29.9 Å². The fourth-order valence-electron chi connectivity index (χ4n) is 3.20. The van der Waals surface area contributed by atoms with Crippen LogP contribution in [0.1, 0.15) is 5.56 Å². The normalized spacial score (nSPS) is 11.1. The Labute approximate surface area is 164 Å². The van der Waals surface area contributed by atoms with Crippen molar-refractivity contribution in [1.82, 2.24) is 0 Å². The minimum atomic E-state index is -0.665. The van der Waals surface area contributed by atoms with E-state index in [1.165, 1.54) is 30.3 Å². The summed E-state index contributed by atoms with van der Waals surface area (Å²) in [6, 6.07) is 11.3. The van der Waals surface area contributed by atoms with Gasteiger partial charge >= 0.3 is 0 Å². The lowest BCUT2D eigenvalue weighted by Crippen LogP contribution is -2.04. The Hall–Kier alpha value is -4.13. The summed E-state index contributed by atoms with van der Waals surface area (Å²) in [4.78, 5) is 12.8. The fraction of sp³-hybridized carbons (Fsp3) is 0.0455. The number of aryl methyl sites for hydroxylation is 1. The standard InChI is InChI=1S/C22H16O7/c1-10-6-13(11-2-4-15(23)17(25)8-11)22-14(7-10)19(27)20(28)21(29-22)12-3-5-16(24)18(26)9-12/h2-9,23-26,28H,1H3. The first kappa shape index (κ1) is 18.2. The van der Waals surface area contributed by atoms with Crippen LogP contribution in [0.4, 0.5) is 0 Å². The molecule has 0 bridgehead atoms. The molecule has 29 heavy (non-hydrogen) atoms. The monoisotopic (exact) mass is 392 g/mol. The molecule has 0 radical (unpaired) electrons. The highest BCUT2D eigenvalue weighted by molar-refractivity contribution is 5.95. The van der Waals surface area contributed by atoms with Crippen LogP contribution < -0.4 is 5.43 Å². The first-order valence-electron chi connectivity index (χ1n) is 8.61. The molecule has 0 fully saturated rings. The van der Waals surface area contributed by atoms with Crippen LogP contribution in [0.3, 0.4) is 0 Å². The number of phenolic OH excluding ortho intramolecular Hbond substituents is 4. The fourth-order valence-corrected chi connectivity index (χ4v) is 3.20. The van der Waals surface area contributed by atoms with Crippen molar-refractivity contribution in [2.75, 3.05) is 0 Å². The molecule has 0 unspecified atom stereocenters. The molecular formula is C22H16O7. The van der Waals surface area contributed by atoms with E-state index in [4.69, 9.17) is 4.42 Å². The molecule has 4 aromatic rings. The first-order chi connectivity index (χ1) is 13.8. The minimum Gasteiger partial charge on any atom is -0.504 e. The molecule has 7 heteroatoms. The summed E-state index contributed by atoms with van der Waals surface area (Å²) in [5.74, 6) is -2.21. The molecule has 5 N–H and O–H groups in total. The number of benzene rings is 3. The topological polar surface area (TPSA) is 131 Å². The van der Waals surface area contributed by atoms with Gasteiger partial charge in [0.05, 0.1) is 5.39 Å². The van der Waals surface area contributed by atoms with Gasteiger partial charge in [0.15, 0.2) is 28.8 Å². The first-order valence-corrected chi connectivity index (χ1v) is 8.61. The number of phenols is 4.